The number of thiol groups is 1. The van der Waals surface area contributed by atoms with E-state index in [-0.39, 0.29) is 0 Å². The molecule has 0 aliphatic heterocycles. The first-order valence-electron chi connectivity index (χ1n) is 4.93. The standard InChI is InChI=1S/C11H9ClN4S/c12-10-4-5-11(15-14-10)16-8-9(7-13-16)3-1-2-6-17/h4-5,7-8,17H,2,6H2. The van der Waals surface area contributed by atoms with Crippen molar-refractivity contribution in [2.24, 2.45) is 0 Å². The first kappa shape index (κ1) is 12.0. The lowest BCUT2D eigenvalue weighted by Gasteiger charge is -1.96. The Balaban J connectivity index is 2.19. The van der Waals surface area contributed by atoms with Crippen LogP contribution in [0, 0.1) is 11.8 Å². The van der Waals surface area contributed by atoms with Crippen molar-refractivity contribution in [3.05, 3.63) is 35.2 Å². The number of aromatic nitrogens is 4. The van der Waals surface area contributed by atoms with Crippen LogP contribution in [0.2, 0.25) is 5.15 Å². The monoisotopic (exact) mass is 264 g/mol. The molecule has 2 aromatic heterocycles. The highest BCUT2D eigenvalue weighted by Crippen LogP contribution is 2.07. The number of halogens is 1. The van der Waals surface area contributed by atoms with E-state index in [1.165, 1.54) is 0 Å². The summed E-state index contributed by atoms with van der Waals surface area (Å²) in [4.78, 5) is 0. The van der Waals surface area contributed by atoms with E-state index >= 15 is 0 Å². The molecule has 0 radical (unpaired) electrons. The van der Waals surface area contributed by atoms with Gasteiger partial charge in [0.1, 0.15) is 0 Å². The van der Waals surface area contributed by atoms with Gasteiger partial charge in [0.15, 0.2) is 11.0 Å². The van der Waals surface area contributed by atoms with E-state index in [1.807, 2.05) is 0 Å². The molecule has 0 amide bonds. The van der Waals surface area contributed by atoms with E-state index in [9.17, 15) is 0 Å². The molecule has 0 fully saturated rings. The zero-order valence-electron chi connectivity index (χ0n) is 8.84. The fraction of sp³-hybridized carbons (Fsp3) is 0.182. The minimum atomic E-state index is 0.356. The first-order valence-corrected chi connectivity index (χ1v) is 5.94. The van der Waals surface area contributed by atoms with Gasteiger partial charge in [0.25, 0.3) is 0 Å². The molecule has 17 heavy (non-hydrogen) atoms. The number of rotatable bonds is 2. The van der Waals surface area contributed by atoms with Gasteiger partial charge < -0.3 is 0 Å². The maximum atomic E-state index is 5.66. The summed E-state index contributed by atoms with van der Waals surface area (Å²) in [6, 6.07) is 3.41. The van der Waals surface area contributed by atoms with Gasteiger partial charge >= 0.3 is 0 Å². The Bertz CT molecular complexity index is 553. The molecule has 0 saturated heterocycles. The van der Waals surface area contributed by atoms with E-state index < -0.39 is 0 Å². The molecule has 0 aliphatic carbocycles. The minimum absolute atomic E-state index is 0.356. The van der Waals surface area contributed by atoms with Crippen molar-refractivity contribution in [3.8, 4) is 17.7 Å². The molecule has 86 valence electrons. The fourth-order valence-corrected chi connectivity index (χ4v) is 1.38. The molecule has 0 unspecified atom stereocenters. The van der Waals surface area contributed by atoms with Gasteiger partial charge in [0.05, 0.1) is 11.8 Å². The summed E-state index contributed by atoms with van der Waals surface area (Å²) >= 11 is 9.74. The summed E-state index contributed by atoms with van der Waals surface area (Å²) in [6.45, 7) is 0. The number of hydrogen-bond acceptors (Lipinski definition) is 4. The third-order valence-electron chi connectivity index (χ3n) is 1.90. The highest BCUT2D eigenvalue weighted by Gasteiger charge is 2.00. The highest BCUT2D eigenvalue weighted by molar-refractivity contribution is 7.80. The second-order valence-corrected chi connectivity index (χ2v) is 4.00. The van der Waals surface area contributed by atoms with Crippen molar-refractivity contribution >= 4 is 24.2 Å². The second kappa shape index (κ2) is 5.71. The minimum Gasteiger partial charge on any atom is -0.220 e. The molecule has 0 aromatic carbocycles. The Morgan fingerprint density at radius 3 is 2.94 bits per heavy atom. The second-order valence-electron chi connectivity index (χ2n) is 3.16. The third kappa shape index (κ3) is 3.22. The van der Waals surface area contributed by atoms with Gasteiger partial charge in [-0.25, -0.2) is 4.68 Å². The zero-order valence-corrected chi connectivity index (χ0v) is 10.5. The molecule has 2 heterocycles. The van der Waals surface area contributed by atoms with Crippen LogP contribution >= 0.6 is 24.2 Å². The van der Waals surface area contributed by atoms with Gasteiger partial charge in [0, 0.05) is 18.4 Å². The quantitative estimate of drug-likeness (QED) is 0.666. The lowest BCUT2D eigenvalue weighted by atomic mass is 10.3. The average molecular weight is 265 g/mol. The van der Waals surface area contributed by atoms with Crippen molar-refractivity contribution in [1.29, 1.82) is 0 Å². The summed E-state index contributed by atoms with van der Waals surface area (Å²) in [5, 5.41) is 12.2. The van der Waals surface area contributed by atoms with Crippen LogP contribution in [-0.4, -0.2) is 25.7 Å². The summed E-state index contributed by atoms with van der Waals surface area (Å²) in [6.07, 6.45) is 4.24. The summed E-state index contributed by atoms with van der Waals surface area (Å²) in [7, 11) is 0. The van der Waals surface area contributed by atoms with Gasteiger partial charge in [-0.2, -0.15) is 17.7 Å². The van der Waals surface area contributed by atoms with E-state index in [0.717, 1.165) is 17.7 Å². The third-order valence-corrected chi connectivity index (χ3v) is 2.33. The molecule has 2 rings (SSSR count). The van der Waals surface area contributed by atoms with Crippen molar-refractivity contribution < 1.29 is 0 Å². The van der Waals surface area contributed by atoms with Crippen molar-refractivity contribution in [1.82, 2.24) is 20.0 Å². The molecule has 0 atom stereocenters. The first-order chi connectivity index (χ1) is 8.29. The molecule has 0 bridgehead atoms. The van der Waals surface area contributed by atoms with Gasteiger partial charge in [-0.15, -0.1) is 10.2 Å². The predicted molar refractivity (Wildman–Crippen MR) is 69.5 cm³/mol. The van der Waals surface area contributed by atoms with E-state index in [2.05, 4.69) is 39.8 Å². The molecule has 0 N–H and O–H groups in total. The molecular formula is C11H9ClN4S. The SMILES string of the molecule is SCCC#Cc1cnn(-c2ccc(Cl)nn2)c1. The highest BCUT2D eigenvalue weighted by atomic mass is 35.5. The smallest absolute Gasteiger partial charge is 0.175 e. The van der Waals surface area contributed by atoms with Crippen LogP contribution in [0.15, 0.2) is 24.5 Å². The molecule has 4 nitrogen and oxygen atoms in total. The lowest BCUT2D eigenvalue weighted by molar-refractivity contribution is 0.814. The largest absolute Gasteiger partial charge is 0.220 e. The normalized spacial score (nSPS) is 9.76. The van der Waals surface area contributed by atoms with Crippen molar-refractivity contribution in [3.63, 3.8) is 0 Å². The predicted octanol–water partition coefficient (Wildman–Crippen LogP) is 1.99. The van der Waals surface area contributed by atoms with Gasteiger partial charge in [-0.3, -0.25) is 0 Å². The molecular weight excluding hydrogens is 256 g/mol. The van der Waals surface area contributed by atoms with Crippen LogP contribution < -0.4 is 0 Å². The summed E-state index contributed by atoms with van der Waals surface area (Å²) in [5.74, 6) is 7.34. The van der Waals surface area contributed by atoms with Crippen LogP contribution in [0.4, 0.5) is 0 Å². The molecule has 0 spiro atoms. The molecule has 0 aliphatic rings. The Kier molecular flexibility index (Phi) is 4.02. The maximum Gasteiger partial charge on any atom is 0.175 e. The average Bonchev–Trinajstić information content (AvgIpc) is 2.79. The molecule has 2 aromatic rings. The molecule has 0 saturated carbocycles. The lowest BCUT2D eigenvalue weighted by Crippen LogP contribution is -1.98. The van der Waals surface area contributed by atoms with Crippen LogP contribution in [0.3, 0.4) is 0 Å². The van der Waals surface area contributed by atoms with Crippen molar-refractivity contribution in [2.75, 3.05) is 5.75 Å². The Morgan fingerprint density at radius 1 is 1.35 bits per heavy atom. The summed E-state index contributed by atoms with van der Waals surface area (Å²) in [5.41, 5.74) is 0.837. The van der Waals surface area contributed by atoms with Crippen LogP contribution in [0.5, 0.6) is 0 Å². The summed E-state index contributed by atoms with van der Waals surface area (Å²) < 4.78 is 1.61. The van der Waals surface area contributed by atoms with Gasteiger partial charge in [-0.05, 0) is 12.1 Å². The molecule has 6 heteroatoms. The topological polar surface area (TPSA) is 43.6 Å². The van der Waals surface area contributed by atoms with E-state index in [0.29, 0.717) is 11.0 Å². The Labute approximate surface area is 109 Å². The van der Waals surface area contributed by atoms with Crippen LogP contribution in [0.25, 0.3) is 5.82 Å². The van der Waals surface area contributed by atoms with E-state index in [4.69, 9.17) is 11.6 Å². The van der Waals surface area contributed by atoms with Crippen LogP contribution in [0.1, 0.15) is 12.0 Å². The van der Waals surface area contributed by atoms with Gasteiger partial charge in [0.2, 0.25) is 0 Å². The Morgan fingerprint density at radius 2 is 2.24 bits per heavy atom. The number of nitrogens with zero attached hydrogens (tertiary/aromatic N) is 4. The van der Waals surface area contributed by atoms with Crippen LogP contribution in [-0.2, 0) is 0 Å². The Hall–Kier alpha value is -1.51. The van der Waals surface area contributed by atoms with Gasteiger partial charge in [-0.1, -0.05) is 23.4 Å². The van der Waals surface area contributed by atoms with E-state index in [1.54, 1.807) is 29.2 Å². The van der Waals surface area contributed by atoms with Crippen molar-refractivity contribution in [2.45, 2.75) is 6.42 Å². The number of hydrogen-bond donors (Lipinski definition) is 1. The maximum absolute atomic E-state index is 5.66. The zero-order chi connectivity index (χ0) is 12.1. The fourth-order valence-electron chi connectivity index (χ4n) is 1.16.